The van der Waals surface area contributed by atoms with E-state index in [-0.39, 0.29) is 31.7 Å². The summed E-state index contributed by atoms with van der Waals surface area (Å²) in [6.07, 6.45) is -18.4. The van der Waals surface area contributed by atoms with Crippen molar-refractivity contribution in [2.24, 2.45) is 17.4 Å². The third-order valence-corrected chi connectivity index (χ3v) is 15.0. The number of amides is 12. The molecule has 0 radical (unpaired) electrons. The zero-order valence-corrected chi connectivity index (χ0v) is 57.4. The molecule has 17 atom stereocenters. The van der Waals surface area contributed by atoms with Gasteiger partial charge < -0.3 is 112 Å². The molecule has 3 heterocycles. The molecular formula is C60H92N12O28. The number of nitrogens with zero attached hydrogens (tertiary/aromatic N) is 1. The van der Waals surface area contributed by atoms with Crippen molar-refractivity contribution in [3.05, 3.63) is 0 Å². The molecule has 0 aromatic heterocycles. The maximum Gasteiger partial charge on any atom is 0.303 e. The highest BCUT2D eigenvalue weighted by Crippen LogP contribution is 2.34. The van der Waals surface area contributed by atoms with Crippen LogP contribution in [0.5, 0.6) is 0 Å². The van der Waals surface area contributed by atoms with E-state index in [4.69, 9.17) is 54.1 Å². The van der Waals surface area contributed by atoms with Crippen molar-refractivity contribution < 1.29 is 134 Å². The molecule has 3 fully saturated rings. The molecule has 3 saturated heterocycles. The maximum atomic E-state index is 14.9. The molecule has 0 spiro atoms. The van der Waals surface area contributed by atoms with E-state index in [2.05, 4.69) is 47.9 Å². The zero-order chi connectivity index (χ0) is 75.6. The van der Waals surface area contributed by atoms with E-state index in [0.717, 1.165) is 67.2 Å². The number of aliphatic carboxylic acids is 1. The Morgan fingerprint density at radius 3 is 1.51 bits per heavy atom. The summed E-state index contributed by atoms with van der Waals surface area (Å²) >= 11 is 0. The fraction of sp³-hybridized carbons (Fsp3) is 0.700. The molecule has 40 nitrogen and oxygen atoms in total. The van der Waals surface area contributed by atoms with Crippen LogP contribution in [0.4, 0.5) is 0 Å². The van der Waals surface area contributed by atoms with Gasteiger partial charge in [0.05, 0.1) is 19.2 Å². The van der Waals surface area contributed by atoms with Gasteiger partial charge in [-0.25, -0.2) is 0 Å². The Hall–Kier alpha value is -9.70. The number of hydrogen-bond donors (Lipinski definition) is 12. The molecule has 3 aliphatic heterocycles. The zero-order valence-electron chi connectivity index (χ0n) is 57.4. The monoisotopic (exact) mass is 1430 g/mol. The van der Waals surface area contributed by atoms with Crippen LogP contribution in [0.15, 0.2) is 0 Å². The Morgan fingerprint density at radius 2 is 1.01 bits per heavy atom. The first-order valence-corrected chi connectivity index (χ1v) is 31.8. The van der Waals surface area contributed by atoms with Crippen molar-refractivity contribution in [1.82, 2.24) is 52.8 Å². The average molecular weight is 1430 g/mol. The molecule has 40 heteroatoms. The van der Waals surface area contributed by atoms with Gasteiger partial charge in [-0.05, 0) is 51.9 Å². The summed E-state index contributed by atoms with van der Waals surface area (Å²) in [5.74, 6) is -18.0. The lowest BCUT2D eigenvalue weighted by Gasteiger charge is -2.50. The van der Waals surface area contributed by atoms with Crippen molar-refractivity contribution in [3.8, 4) is 0 Å². The maximum absolute atomic E-state index is 14.9. The number of carbonyl (C=O) groups is 18. The molecule has 0 aromatic rings. The third-order valence-electron chi connectivity index (χ3n) is 15.0. The Balaban J connectivity index is 2.27. The van der Waals surface area contributed by atoms with Gasteiger partial charge in [0.25, 0.3) is 0 Å². The molecule has 3 aliphatic rings. The van der Waals surface area contributed by atoms with Gasteiger partial charge in [-0.3, -0.25) is 86.3 Å². The van der Waals surface area contributed by atoms with Crippen molar-refractivity contribution >= 4 is 107 Å². The Labute approximate surface area is 573 Å². The first-order valence-electron chi connectivity index (χ1n) is 31.8. The molecule has 100 heavy (non-hydrogen) atoms. The lowest BCUT2D eigenvalue weighted by Crippen LogP contribution is -2.71. The molecule has 14 N–H and O–H groups in total. The number of ether oxygens (including phenoxy) is 9. The minimum Gasteiger partial charge on any atom is -0.481 e. The first-order chi connectivity index (χ1) is 46.7. The lowest BCUT2D eigenvalue weighted by molar-refractivity contribution is -0.334. The quantitative estimate of drug-likeness (QED) is 0.0203. The number of hydrogen-bond acceptors (Lipinski definition) is 27. The highest BCUT2D eigenvalue weighted by atomic mass is 16.7. The van der Waals surface area contributed by atoms with Crippen molar-refractivity contribution in [1.29, 1.82) is 0 Å². The van der Waals surface area contributed by atoms with Gasteiger partial charge in [0.15, 0.2) is 30.9 Å². The second-order valence-corrected chi connectivity index (χ2v) is 24.1. The van der Waals surface area contributed by atoms with Crippen LogP contribution in [-0.4, -0.2) is 253 Å². The van der Waals surface area contributed by atoms with Gasteiger partial charge in [0.1, 0.15) is 79.9 Å². The fourth-order valence-corrected chi connectivity index (χ4v) is 10.7. The summed E-state index contributed by atoms with van der Waals surface area (Å²) in [6, 6.07) is -13.1. The number of primary amides is 2. The van der Waals surface area contributed by atoms with Crippen molar-refractivity contribution in [3.63, 3.8) is 0 Å². The van der Waals surface area contributed by atoms with E-state index >= 15 is 0 Å². The number of rotatable bonds is 37. The minimum absolute atomic E-state index is 0.0129. The van der Waals surface area contributed by atoms with Crippen LogP contribution >= 0.6 is 0 Å². The second kappa shape index (κ2) is 40.4. The number of nitrogens with one attached hydrogen (secondary N) is 9. The van der Waals surface area contributed by atoms with E-state index in [1.807, 2.05) is 0 Å². The number of carboxylic acid groups (broad SMARTS) is 1. The van der Waals surface area contributed by atoms with Gasteiger partial charge in [0.2, 0.25) is 70.9 Å². The Kier molecular flexibility index (Phi) is 34.1. The van der Waals surface area contributed by atoms with Crippen LogP contribution in [-0.2, 0) is 129 Å². The summed E-state index contributed by atoms with van der Waals surface area (Å²) in [4.78, 5) is 236. The summed E-state index contributed by atoms with van der Waals surface area (Å²) < 4.78 is 53.1. The van der Waals surface area contributed by atoms with Crippen LogP contribution in [0.2, 0.25) is 0 Å². The van der Waals surface area contributed by atoms with Gasteiger partial charge in [-0.2, -0.15) is 0 Å². The van der Waals surface area contributed by atoms with E-state index in [9.17, 15) is 91.4 Å². The smallest absolute Gasteiger partial charge is 0.303 e. The molecule has 0 bridgehead atoms. The average Bonchev–Trinajstić information content (AvgIpc) is 0.876. The SMILES string of the molecule is CC(=O)N[C@H]1[C@@H](O[C@@H]2[C@@H](NC(C)=O)[C@@H](O[C@H](C)[C@H](NC(=O)[C@H](CCC(N)=O)NC(=O)[C@H](C)NC(=O)[C@H](CC(C)C)NC(=O)[C@H](CCC(=O)O)NC(C)=O)C(=O)NCC(=O)N3CCC[C@H]3C(=O)NCC(N)=O)O[C@H](COC(C)=O)[C@@H]2OC(C)=O)O[C@H](COC(C)=O)[C@H](OC(C)=O)[C@@H]1OC(C)=O. The van der Waals surface area contributed by atoms with E-state index in [1.165, 1.54) is 6.92 Å². The van der Waals surface area contributed by atoms with Crippen molar-refractivity contribution in [2.75, 3.05) is 32.8 Å². The topological polar surface area (TPSA) is 574 Å². The lowest BCUT2D eigenvalue weighted by atomic mass is 9.93. The number of carbonyl (C=O) groups excluding carboxylic acids is 17. The normalized spacial score (nSPS) is 23.4. The predicted octanol–water partition coefficient (Wildman–Crippen LogP) is -6.49. The van der Waals surface area contributed by atoms with Crippen LogP contribution in [0.25, 0.3) is 0 Å². The van der Waals surface area contributed by atoms with E-state index < -0.39 is 256 Å². The molecular weight excluding hydrogens is 1340 g/mol. The van der Waals surface area contributed by atoms with Gasteiger partial charge in [-0.1, -0.05) is 13.8 Å². The third kappa shape index (κ3) is 28.3. The molecule has 0 aromatic carbocycles. The van der Waals surface area contributed by atoms with Crippen LogP contribution in [0.1, 0.15) is 128 Å². The largest absolute Gasteiger partial charge is 0.481 e. The van der Waals surface area contributed by atoms with Crippen LogP contribution < -0.4 is 59.3 Å². The van der Waals surface area contributed by atoms with Crippen LogP contribution in [0.3, 0.4) is 0 Å². The Morgan fingerprint density at radius 1 is 0.520 bits per heavy atom. The molecule has 0 aliphatic carbocycles. The first kappa shape index (κ1) is 84.5. The van der Waals surface area contributed by atoms with Crippen LogP contribution in [0, 0.1) is 5.92 Å². The fourth-order valence-electron chi connectivity index (χ4n) is 10.7. The van der Waals surface area contributed by atoms with E-state index in [1.54, 1.807) is 13.8 Å². The van der Waals surface area contributed by atoms with Gasteiger partial charge in [-0.15, -0.1) is 0 Å². The molecule has 12 amide bonds. The van der Waals surface area contributed by atoms with E-state index in [0.29, 0.717) is 6.42 Å². The minimum atomic E-state index is -2.12. The number of esters is 5. The summed E-state index contributed by atoms with van der Waals surface area (Å²) in [5, 5.41) is 31.0. The van der Waals surface area contributed by atoms with Gasteiger partial charge >= 0.3 is 35.8 Å². The summed E-state index contributed by atoms with van der Waals surface area (Å²) in [6.45, 7) is 10.6. The number of carboxylic acids is 1. The number of likely N-dealkylation sites (tertiary alicyclic amines) is 1. The highest BCUT2D eigenvalue weighted by molar-refractivity contribution is 5.98. The molecule has 0 unspecified atom stereocenters. The predicted molar refractivity (Wildman–Crippen MR) is 334 cm³/mol. The second-order valence-electron chi connectivity index (χ2n) is 24.1. The standard InChI is InChI=1S/C60H92N12O28/c1-25(2)20-38(70-54(87)36(66-28(5)73)16-18-45(84)85)56(89)65-26(3)53(86)69-37(15-17-42(61)81)55(88)71-46(58(91)64-22-44(83)72-19-13-14-39(72)57(90)63-21-43(62)82)27(4)94-59-48(68-30(7)75)52(50(96-34(11)79)41(98-59)24-93-32(9)77)100-60-47(67-29(6)74)51(97-35(12)80)49(95-33(10)78)40(99-60)23-92-31(8)76/h25-27,36-41,46-52,59-60H,13-24H2,1-12H3,(H2,61,81)(H2,62,82)(H,63,90)(H,64,91)(H,65,89)(H,66,73)(H,67,74)(H,68,75)(H,69,86)(H,70,87)(H,71,88)(H,84,85)/t26-,27+,36-,37-,38-,39-,40+,41+,46-,47+,48+,49-,50-,51+,52+,59-,60+/m0/s1. The number of nitrogens with two attached hydrogens (primary N) is 2. The Bertz CT molecular complexity index is 3030. The van der Waals surface area contributed by atoms with Crippen molar-refractivity contribution in [2.45, 2.75) is 232 Å². The summed E-state index contributed by atoms with van der Waals surface area (Å²) in [5.41, 5.74) is 10.7. The molecule has 3 rings (SSSR count). The van der Waals surface area contributed by atoms with Gasteiger partial charge in [0, 0.05) is 74.8 Å². The molecule has 0 saturated carbocycles. The summed E-state index contributed by atoms with van der Waals surface area (Å²) in [7, 11) is 0. The molecule has 560 valence electrons. The highest BCUT2D eigenvalue weighted by Gasteiger charge is 2.57.